The summed E-state index contributed by atoms with van der Waals surface area (Å²) in [6, 6.07) is 14.0. The quantitative estimate of drug-likeness (QED) is 0.693. The first kappa shape index (κ1) is 16.0. The highest BCUT2D eigenvalue weighted by Gasteiger charge is 2.20. The van der Waals surface area contributed by atoms with Gasteiger partial charge in [-0.2, -0.15) is 0 Å². The minimum Gasteiger partial charge on any atom is -0.325 e. The number of aromatic nitrogens is 2. The number of hydrogen-bond acceptors (Lipinski definition) is 5. The van der Waals surface area contributed by atoms with E-state index >= 15 is 0 Å². The number of nitrogens with zero attached hydrogens (tertiary/aromatic N) is 2. The van der Waals surface area contributed by atoms with Gasteiger partial charge in [0.2, 0.25) is 5.91 Å². The maximum atomic E-state index is 12.6. The molecule has 1 aromatic heterocycles. The molecule has 0 saturated carbocycles. The lowest BCUT2D eigenvalue weighted by Gasteiger charge is -2.14. The van der Waals surface area contributed by atoms with Crippen molar-refractivity contribution in [3.63, 3.8) is 0 Å². The topological polar surface area (TPSA) is 54.9 Å². The van der Waals surface area contributed by atoms with Crippen molar-refractivity contribution >= 4 is 45.5 Å². The first-order valence-corrected chi connectivity index (χ1v) is 9.12. The molecule has 0 aliphatic heterocycles. The number of carbonyl (C=O) groups is 1. The summed E-state index contributed by atoms with van der Waals surface area (Å²) in [5.74, 6) is 0.00158. The van der Waals surface area contributed by atoms with Gasteiger partial charge in [-0.1, -0.05) is 66.4 Å². The molecule has 1 atom stereocenters. The van der Waals surface area contributed by atoms with Gasteiger partial charge in [-0.05, 0) is 24.8 Å². The van der Waals surface area contributed by atoms with Crippen molar-refractivity contribution in [1.82, 2.24) is 10.2 Å². The van der Waals surface area contributed by atoms with Crippen LogP contribution < -0.4 is 5.32 Å². The number of anilines is 1. The summed E-state index contributed by atoms with van der Waals surface area (Å²) >= 11 is 2.99. The minimum absolute atomic E-state index is 0.00158. The Hall–Kier alpha value is -1.92. The maximum Gasteiger partial charge on any atom is 0.237 e. The lowest BCUT2D eigenvalue weighted by Crippen LogP contribution is -2.24. The number of amides is 1. The molecular formula is C17H17N3OS2. The number of nitrogens with one attached hydrogen (secondary N) is 1. The SMILES string of the molecule is CCC(Sc1nnc(C)s1)C(=O)Nc1cccc2ccccc12. The lowest BCUT2D eigenvalue weighted by molar-refractivity contribution is -0.115. The number of hydrogen-bond donors (Lipinski definition) is 1. The smallest absolute Gasteiger partial charge is 0.237 e. The van der Waals surface area contributed by atoms with Crippen molar-refractivity contribution in [2.75, 3.05) is 5.32 Å². The summed E-state index contributed by atoms with van der Waals surface area (Å²) in [4.78, 5) is 12.6. The molecule has 3 rings (SSSR count). The van der Waals surface area contributed by atoms with Gasteiger partial charge in [-0.3, -0.25) is 4.79 Å². The molecule has 118 valence electrons. The van der Waals surface area contributed by atoms with E-state index in [1.807, 2.05) is 56.3 Å². The second kappa shape index (κ2) is 7.10. The van der Waals surface area contributed by atoms with Gasteiger partial charge in [0, 0.05) is 11.1 Å². The molecule has 2 aromatic carbocycles. The standard InChI is InChI=1S/C17H17N3OS2/c1-3-15(23-17-20-19-11(2)22-17)16(21)18-14-10-6-8-12-7-4-5-9-13(12)14/h4-10,15H,3H2,1-2H3,(H,18,21). The van der Waals surface area contributed by atoms with Gasteiger partial charge in [0.15, 0.2) is 4.34 Å². The molecule has 1 N–H and O–H groups in total. The lowest BCUT2D eigenvalue weighted by atomic mass is 10.1. The van der Waals surface area contributed by atoms with Crippen LogP contribution in [0.2, 0.25) is 0 Å². The zero-order valence-electron chi connectivity index (χ0n) is 12.9. The Labute approximate surface area is 143 Å². The molecule has 6 heteroatoms. The van der Waals surface area contributed by atoms with Crippen LogP contribution in [0.5, 0.6) is 0 Å². The van der Waals surface area contributed by atoms with Gasteiger partial charge in [0.1, 0.15) is 5.01 Å². The number of aryl methyl sites for hydroxylation is 1. The fourth-order valence-electron chi connectivity index (χ4n) is 2.32. The highest BCUT2D eigenvalue weighted by molar-refractivity contribution is 8.02. The molecule has 0 saturated heterocycles. The van der Waals surface area contributed by atoms with Crippen LogP contribution in [0.3, 0.4) is 0 Å². The molecule has 1 heterocycles. The van der Waals surface area contributed by atoms with E-state index in [-0.39, 0.29) is 11.2 Å². The third kappa shape index (κ3) is 3.71. The van der Waals surface area contributed by atoms with E-state index in [1.54, 1.807) is 0 Å². The predicted octanol–water partition coefficient (Wildman–Crippen LogP) is 4.51. The molecule has 0 radical (unpaired) electrons. The second-order valence-electron chi connectivity index (χ2n) is 5.12. The molecule has 0 fully saturated rings. The zero-order chi connectivity index (χ0) is 16.2. The van der Waals surface area contributed by atoms with E-state index in [9.17, 15) is 4.79 Å². The fraction of sp³-hybridized carbons (Fsp3) is 0.235. The molecule has 1 unspecified atom stereocenters. The summed E-state index contributed by atoms with van der Waals surface area (Å²) in [5.41, 5.74) is 0.848. The van der Waals surface area contributed by atoms with Gasteiger partial charge in [0.25, 0.3) is 0 Å². The Kier molecular flexibility index (Phi) is 4.93. The van der Waals surface area contributed by atoms with Crippen LogP contribution in [0.1, 0.15) is 18.4 Å². The highest BCUT2D eigenvalue weighted by atomic mass is 32.2. The van der Waals surface area contributed by atoms with Crippen LogP contribution in [0.15, 0.2) is 46.8 Å². The van der Waals surface area contributed by atoms with Crippen LogP contribution in [-0.2, 0) is 4.79 Å². The van der Waals surface area contributed by atoms with E-state index in [2.05, 4.69) is 15.5 Å². The normalized spacial score (nSPS) is 12.3. The first-order chi connectivity index (χ1) is 11.2. The van der Waals surface area contributed by atoms with E-state index in [1.165, 1.54) is 23.1 Å². The second-order valence-corrected chi connectivity index (χ2v) is 7.75. The van der Waals surface area contributed by atoms with Crippen molar-refractivity contribution in [2.45, 2.75) is 29.9 Å². The van der Waals surface area contributed by atoms with Crippen LogP contribution in [0, 0.1) is 6.92 Å². The van der Waals surface area contributed by atoms with Crippen LogP contribution in [0.4, 0.5) is 5.69 Å². The third-order valence-electron chi connectivity index (χ3n) is 3.46. The predicted molar refractivity (Wildman–Crippen MR) is 97.2 cm³/mol. The molecule has 3 aromatic rings. The van der Waals surface area contributed by atoms with Gasteiger partial charge >= 0.3 is 0 Å². The van der Waals surface area contributed by atoms with E-state index in [4.69, 9.17) is 0 Å². The highest BCUT2D eigenvalue weighted by Crippen LogP contribution is 2.30. The zero-order valence-corrected chi connectivity index (χ0v) is 14.6. The molecule has 0 aliphatic rings. The van der Waals surface area contributed by atoms with E-state index < -0.39 is 0 Å². The van der Waals surface area contributed by atoms with Crippen LogP contribution in [-0.4, -0.2) is 21.4 Å². The molecule has 23 heavy (non-hydrogen) atoms. The van der Waals surface area contributed by atoms with Gasteiger partial charge in [0.05, 0.1) is 5.25 Å². The molecule has 4 nitrogen and oxygen atoms in total. The first-order valence-electron chi connectivity index (χ1n) is 7.42. The van der Waals surface area contributed by atoms with Crippen LogP contribution in [0.25, 0.3) is 10.8 Å². The number of rotatable bonds is 5. The molecule has 0 spiro atoms. The van der Waals surface area contributed by atoms with Gasteiger partial charge in [-0.25, -0.2) is 0 Å². The summed E-state index contributed by atoms with van der Waals surface area (Å²) in [6.07, 6.45) is 0.736. The summed E-state index contributed by atoms with van der Waals surface area (Å²) < 4.78 is 0.836. The molecule has 1 amide bonds. The monoisotopic (exact) mass is 343 g/mol. The van der Waals surface area contributed by atoms with Crippen molar-refractivity contribution in [1.29, 1.82) is 0 Å². The van der Waals surface area contributed by atoms with Gasteiger partial charge in [-0.15, -0.1) is 10.2 Å². The number of thioether (sulfide) groups is 1. The van der Waals surface area contributed by atoms with Crippen molar-refractivity contribution in [3.8, 4) is 0 Å². The Balaban J connectivity index is 1.78. The number of benzene rings is 2. The number of carbonyl (C=O) groups excluding carboxylic acids is 1. The third-order valence-corrected chi connectivity index (χ3v) is 5.75. The largest absolute Gasteiger partial charge is 0.325 e. The fourth-order valence-corrected chi connectivity index (χ4v) is 4.30. The molecule has 0 aliphatic carbocycles. The number of fused-ring (bicyclic) bond motifs is 1. The van der Waals surface area contributed by atoms with Crippen molar-refractivity contribution in [2.24, 2.45) is 0 Å². The Morgan fingerprint density at radius 1 is 1.22 bits per heavy atom. The van der Waals surface area contributed by atoms with E-state index in [0.717, 1.165) is 32.2 Å². The minimum atomic E-state index is -0.179. The van der Waals surface area contributed by atoms with Gasteiger partial charge < -0.3 is 5.32 Å². The Morgan fingerprint density at radius 2 is 2.00 bits per heavy atom. The van der Waals surface area contributed by atoms with Crippen LogP contribution >= 0.6 is 23.1 Å². The van der Waals surface area contributed by atoms with Crippen molar-refractivity contribution < 1.29 is 4.79 Å². The summed E-state index contributed by atoms with van der Waals surface area (Å²) in [6.45, 7) is 3.92. The summed E-state index contributed by atoms with van der Waals surface area (Å²) in [7, 11) is 0. The molecule has 0 bridgehead atoms. The average molecular weight is 343 g/mol. The summed E-state index contributed by atoms with van der Waals surface area (Å²) in [5, 5.41) is 14.1. The van der Waals surface area contributed by atoms with Crippen molar-refractivity contribution in [3.05, 3.63) is 47.5 Å². The Morgan fingerprint density at radius 3 is 2.74 bits per heavy atom. The maximum absolute atomic E-state index is 12.6. The molecular weight excluding hydrogens is 326 g/mol. The Bertz CT molecular complexity index is 826. The van der Waals surface area contributed by atoms with E-state index in [0.29, 0.717) is 0 Å². The average Bonchev–Trinajstić information content (AvgIpc) is 2.98.